The average molecular weight is 494 g/mol. The fourth-order valence-corrected chi connectivity index (χ4v) is 7.25. The summed E-state index contributed by atoms with van der Waals surface area (Å²) in [5.41, 5.74) is 2.51. The maximum atomic E-state index is 13.5. The van der Waals surface area contributed by atoms with Crippen molar-refractivity contribution in [3.8, 4) is 5.75 Å². The number of aromatic nitrogens is 2. The molecule has 2 heterocycles. The van der Waals surface area contributed by atoms with Crippen molar-refractivity contribution in [3.05, 3.63) is 62.3 Å². The maximum Gasteiger partial charge on any atom is 0.434 e. The number of thiophene rings is 1. The highest BCUT2D eigenvalue weighted by Gasteiger charge is 2.36. The highest BCUT2D eigenvalue weighted by molar-refractivity contribution is 7.91. The van der Waals surface area contributed by atoms with Gasteiger partial charge in [0.05, 0.1) is 12.7 Å². The Balaban J connectivity index is 1.77. The van der Waals surface area contributed by atoms with Gasteiger partial charge in [-0.2, -0.15) is 4.72 Å². The molecule has 0 radical (unpaired) electrons. The first-order valence-electron chi connectivity index (χ1n) is 10.6. The Labute approximate surface area is 195 Å². The summed E-state index contributed by atoms with van der Waals surface area (Å²) >= 11 is 0.949. The average Bonchev–Trinajstić information content (AvgIpc) is 3.49. The normalized spacial score (nSPS) is 15.9. The zero-order valence-electron chi connectivity index (χ0n) is 18.8. The van der Waals surface area contributed by atoms with E-state index in [1.54, 1.807) is 19.2 Å². The van der Waals surface area contributed by atoms with Crippen LogP contribution >= 0.6 is 11.3 Å². The Bertz CT molecular complexity index is 1320. The van der Waals surface area contributed by atoms with Gasteiger partial charge in [-0.05, 0) is 49.8 Å². The molecule has 11 heteroatoms. The monoisotopic (exact) mass is 493 g/mol. The van der Waals surface area contributed by atoms with Crippen molar-refractivity contribution in [2.75, 3.05) is 7.11 Å². The molecule has 0 spiro atoms. The lowest BCUT2D eigenvalue weighted by molar-refractivity contribution is 0.0759. The van der Waals surface area contributed by atoms with Crippen LogP contribution in [0, 0.1) is 0 Å². The third-order valence-corrected chi connectivity index (χ3v) is 8.93. The minimum atomic E-state index is -4.13. The van der Waals surface area contributed by atoms with Crippen LogP contribution in [0.5, 0.6) is 5.75 Å². The summed E-state index contributed by atoms with van der Waals surface area (Å²) in [6, 6.07) is 5.07. The fourth-order valence-electron chi connectivity index (χ4n) is 4.35. The van der Waals surface area contributed by atoms with E-state index in [1.165, 1.54) is 18.2 Å². The van der Waals surface area contributed by atoms with Crippen LogP contribution in [-0.4, -0.2) is 30.8 Å². The van der Waals surface area contributed by atoms with Crippen molar-refractivity contribution < 1.29 is 22.7 Å². The second-order valence-corrected chi connectivity index (χ2v) is 11.5. The number of aromatic amines is 1. The van der Waals surface area contributed by atoms with Crippen LogP contribution in [0.25, 0.3) is 0 Å². The van der Waals surface area contributed by atoms with Crippen molar-refractivity contribution in [3.63, 3.8) is 0 Å². The summed E-state index contributed by atoms with van der Waals surface area (Å²) < 4.78 is 40.1. The zero-order valence-corrected chi connectivity index (χ0v) is 20.5. The lowest BCUT2D eigenvalue weighted by Crippen LogP contribution is -2.32. The first-order valence-corrected chi connectivity index (χ1v) is 13.0. The summed E-state index contributed by atoms with van der Waals surface area (Å²) in [6.07, 6.45) is 2.93. The molecule has 3 N–H and O–H groups in total. The third kappa shape index (κ3) is 4.50. The Morgan fingerprint density at radius 1 is 1.33 bits per heavy atom. The second kappa shape index (κ2) is 8.71. The molecule has 0 saturated heterocycles. The molecule has 3 aromatic rings. The number of benzene rings is 1. The van der Waals surface area contributed by atoms with Crippen LogP contribution in [0.15, 0.2) is 37.0 Å². The lowest BCUT2D eigenvalue weighted by Gasteiger charge is -2.24. The smallest absolute Gasteiger partial charge is 0.434 e. The molecule has 2 atom stereocenters. The number of ether oxygens (including phenoxy) is 1. The molecule has 178 valence electrons. The predicted octanol–water partition coefficient (Wildman–Crippen LogP) is 2.97. The number of nitrogens with one attached hydrogen (secondary N) is 2. The van der Waals surface area contributed by atoms with Crippen molar-refractivity contribution in [1.82, 2.24) is 14.9 Å². The van der Waals surface area contributed by atoms with Gasteiger partial charge in [0.15, 0.2) is 9.96 Å². The first-order chi connectivity index (χ1) is 15.5. The van der Waals surface area contributed by atoms with Gasteiger partial charge in [-0.3, -0.25) is 0 Å². The number of rotatable bonds is 8. The quantitative estimate of drug-likeness (QED) is 0.439. The van der Waals surface area contributed by atoms with E-state index >= 15 is 0 Å². The molecule has 0 bridgehead atoms. The number of sulfonamides is 1. The zero-order chi connectivity index (χ0) is 24.0. The fraction of sp³-hybridized carbons (Fsp3) is 0.455. The van der Waals surface area contributed by atoms with Crippen LogP contribution in [0.4, 0.5) is 0 Å². The molecule has 0 amide bonds. The van der Waals surface area contributed by atoms with Gasteiger partial charge in [-0.15, -0.1) is 16.4 Å². The SMILES string of the molecule is COc1c(C(C)(C)O)csc1S(=O)(=O)NC(c1n[nH]c(=O)o1)C(C)c1cccc2c1CCC2. The number of aryl methyl sites for hydroxylation is 1. The van der Waals surface area contributed by atoms with E-state index in [0.29, 0.717) is 5.56 Å². The predicted molar refractivity (Wildman–Crippen MR) is 123 cm³/mol. The molecule has 9 nitrogen and oxygen atoms in total. The molecule has 4 rings (SSSR count). The van der Waals surface area contributed by atoms with E-state index in [-0.39, 0.29) is 21.8 Å². The number of hydrogen-bond donors (Lipinski definition) is 3. The largest absolute Gasteiger partial charge is 0.494 e. The first kappa shape index (κ1) is 23.7. The molecule has 2 aromatic heterocycles. The van der Waals surface area contributed by atoms with Gasteiger partial charge in [0, 0.05) is 16.9 Å². The highest BCUT2D eigenvalue weighted by Crippen LogP contribution is 2.42. The molecular weight excluding hydrogens is 466 g/mol. The second-order valence-electron chi connectivity index (χ2n) is 8.71. The van der Waals surface area contributed by atoms with Crippen LogP contribution in [0.1, 0.15) is 67.3 Å². The minimum Gasteiger partial charge on any atom is -0.494 e. The molecule has 0 saturated carbocycles. The molecule has 1 aromatic carbocycles. The van der Waals surface area contributed by atoms with Gasteiger partial charge in [-0.25, -0.2) is 18.3 Å². The number of methoxy groups -OCH3 is 1. The number of nitrogens with zero attached hydrogens (tertiary/aromatic N) is 1. The van der Waals surface area contributed by atoms with E-state index in [0.717, 1.165) is 36.2 Å². The molecular formula is C22H27N3O6S2. The van der Waals surface area contributed by atoms with E-state index in [9.17, 15) is 18.3 Å². The minimum absolute atomic E-state index is 0.0510. The van der Waals surface area contributed by atoms with E-state index in [4.69, 9.17) is 9.15 Å². The van der Waals surface area contributed by atoms with Gasteiger partial charge in [-0.1, -0.05) is 25.1 Å². The summed E-state index contributed by atoms with van der Waals surface area (Å²) in [7, 11) is -2.77. The number of fused-ring (bicyclic) bond motifs is 1. The molecule has 1 aliphatic carbocycles. The summed E-state index contributed by atoms with van der Waals surface area (Å²) in [6.45, 7) is 4.99. The molecule has 2 unspecified atom stereocenters. The Morgan fingerprint density at radius 3 is 2.73 bits per heavy atom. The molecule has 1 aliphatic rings. The molecule has 0 fully saturated rings. The summed E-state index contributed by atoms with van der Waals surface area (Å²) in [5, 5.41) is 18.1. The van der Waals surface area contributed by atoms with Crippen molar-refractivity contribution >= 4 is 21.4 Å². The summed E-state index contributed by atoms with van der Waals surface area (Å²) in [5.74, 6) is -1.11. The van der Waals surface area contributed by atoms with Crippen LogP contribution in [0.2, 0.25) is 0 Å². The highest BCUT2D eigenvalue weighted by atomic mass is 32.2. The van der Waals surface area contributed by atoms with Crippen LogP contribution in [-0.2, 0) is 28.5 Å². The van der Waals surface area contributed by atoms with Crippen molar-refractivity contribution in [2.45, 2.75) is 61.8 Å². The van der Waals surface area contributed by atoms with E-state index in [1.807, 2.05) is 19.1 Å². The van der Waals surface area contributed by atoms with Gasteiger partial charge >= 0.3 is 5.76 Å². The van der Waals surface area contributed by atoms with Gasteiger partial charge in [0.2, 0.25) is 5.89 Å². The van der Waals surface area contributed by atoms with Gasteiger partial charge in [0.1, 0.15) is 6.04 Å². The van der Waals surface area contributed by atoms with E-state index in [2.05, 4.69) is 21.0 Å². The van der Waals surface area contributed by atoms with Gasteiger partial charge < -0.3 is 14.3 Å². The standard InChI is InChI=1S/C22H27N3O6S2/c1-12(14-9-5-7-13-8-6-10-15(13)14)17(19-23-24-21(26)31-19)25-33(28,29)20-18(30-4)16(11-32-20)22(2,3)27/h5,7,9,11-12,17,25,27H,6,8,10H2,1-4H3,(H,24,26). The number of aliphatic hydroxyl groups is 1. The van der Waals surface area contributed by atoms with Crippen molar-refractivity contribution in [1.29, 1.82) is 0 Å². The van der Waals surface area contributed by atoms with E-state index < -0.39 is 27.4 Å². The Morgan fingerprint density at radius 2 is 2.09 bits per heavy atom. The maximum absolute atomic E-state index is 13.5. The third-order valence-electron chi connectivity index (χ3n) is 6.00. The Hall–Kier alpha value is -2.47. The number of H-pyrrole nitrogens is 1. The van der Waals surface area contributed by atoms with Crippen molar-refractivity contribution in [2.24, 2.45) is 0 Å². The summed E-state index contributed by atoms with van der Waals surface area (Å²) in [4.78, 5) is 11.7. The number of hydrogen-bond acceptors (Lipinski definition) is 8. The Kier molecular flexibility index (Phi) is 6.25. The van der Waals surface area contributed by atoms with Crippen LogP contribution in [0.3, 0.4) is 0 Å². The molecule has 0 aliphatic heterocycles. The topological polar surface area (TPSA) is 135 Å². The molecule has 33 heavy (non-hydrogen) atoms. The lowest BCUT2D eigenvalue weighted by atomic mass is 9.88. The van der Waals surface area contributed by atoms with Crippen LogP contribution < -0.4 is 15.2 Å². The van der Waals surface area contributed by atoms with Gasteiger partial charge in [0.25, 0.3) is 10.0 Å².